The summed E-state index contributed by atoms with van der Waals surface area (Å²) in [5.41, 5.74) is 5.17. The molecule has 0 bridgehead atoms. The molecule has 1 aromatic carbocycles. The predicted octanol–water partition coefficient (Wildman–Crippen LogP) is 1.78. The number of hydrogen-bond donors (Lipinski definition) is 0. The summed E-state index contributed by atoms with van der Waals surface area (Å²) in [7, 11) is 0. The zero-order valence-electron chi connectivity index (χ0n) is 13.9. The molecular formula is C18H24INOS. The monoisotopic (exact) mass is 429 g/mol. The molecule has 22 heavy (non-hydrogen) atoms. The van der Waals surface area contributed by atoms with E-state index in [1.165, 1.54) is 26.4 Å². The van der Waals surface area contributed by atoms with Gasteiger partial charge in [-0.3, -0.25) is 0 Å². The quantitative estimate of drug-likeness (QED) is 0.306. The summed E-state index contributed by atoms with van der Waals surface area (Å²) in [4.78, 5) is 0. The van der Waals surface area contributed by atoms with Crippen molar-refractivity contribution in [3.63, 3.8) is 0 Å². The number of allylic oxidation sites excluding steroid dienone is 2. The van der Waals surface area contributed by atoms with Gasteiger partial charge in [-0.25, -0.2) is 0 Å². The molecule has 0 aliphatic carbocycles. The lowest BCUT2D eigenvalue weighted by atomic mass is 10.1. The zero-order valence-corrected chi connectivity index (χ0v) is 16.9. The highest BCUT2D eigenvalue weighted by Crippen LogP contribution is 2.25. The van der Waals surface area contributed by atoms with Crippen LogP contribution >= 0.6 is 11.3 Å². The molecule has 2 rings (SSSR count). The Hall–Kier alpha value is -0.880. The summed E-state index contributed by atoms with van der Waals surface area (Å²) in [5, 5.41) is 1.28. The van der Waals surface area contributed by atoms with Gasteiger partial charge in [0.1, 0.15) is 11.2 Å². The van der Waals surface area contributed by atoms with E-state index in [4.69, 9.17) is 4.74 Å². The van der Waals surface area contributed by atoms with Crippen LogP contribution in [-0.2, 0) is 11.3 Å². The third-order valence-electron chi connectivity index (χ3n) is 3.59. The van der Waals surface area contributed by atoms with Crippen molar-refractivity contribution in [1.82, 2.24) is 0 Å². The molecule has 2 aromatic rings. The first-order chi connectivity index (χ1) is 10.1. The molecule has 0 atom stereocenters. The number of nitrogens with zero attached hydrogens (tertiary/aromatic N) is 1. The topological polar surface area (TPSA) is 13.1 Å². The van der Waals surface area contributed by atoms with E-state index in [1.807, 2.05) is 24.5 Å². The van der Waals surface area contributed by atoms with Gasteiger partial charge >= 0.3 is 0 Å². The first-order valence-corrected chi connectivity index (χ1v) is 8.28. The van der Waals surface area contributed by atoms with E-state index in [1.54, 1.807) is 0 Å². The lowest BCUT2D eigenvalue weighted by Gasteiger charge is -1.97. The highest BCUT2D eigenvalue weighted by Gasteiger charge is 2.17. The van der Waals surface area contributed by atoms with Crippen LogP contribution < -0.4 is 28.5 Å². The number of hydrogen-bond acceptors (Lipinski definition) is 2. The Morgan fingerprint density at radius 1 is 1.23 bits per heavy atom. The summed E-state index contributed by atoms with van der Waals surface area (Å²) in [6.07, 6.45) is 6.12. The van der Waals surface area contributed by atoms with Crippen molar-refractivity contribution in [3.05, 3.63) is 46.2 Å². The SMILES string of the molecule is CCOC=C(C)C=Cc1sc2cc(C)c(C)cc2[n+]1CC.[I-]. The molecule has 0 N–H and O–H groups in total. The van der Waals surface area contributed by atoms with Crippen molar-refractivity contribution in [1.29, 1.82) is 0 Å². The summed E-state index contributed by atoms with van der Waals surface area (Å²) in [5.74, 6) is 0. The number of aromatic nitrogens is 1. The second-order valence-electron chi connectivity index (χ2n) is 5.24. The van der Waals surface area contributed by atoms with E-state index in [9.17, 15) is 0 Å². The van der Waals surface area contributed by atoms with Crippen molar-refractivity contribution >= 4 is 27.6 Å². The molecule has 0 spiro atoms. The van der Waals surface area contributed by atoms with Crippen LogP contribution in [0.3, 0.4) is 0 Å². The molecule has 2 nitrogen and oxygen atoms in total. The van der Waals surface area contributed by atoms with Crippen LogP contribution in [0.25, 0.3) is 16.3 Å². The summed E-state index contributed by atoms with van der Waals surface area (Å²) >= 11 is 1.85. The minimum Gasteiger partial charge on any atom is -1.00 e. The molecule has 0 fully saturated rings. The van der Waals surface area contributed by atoms with Crippen LogP contribution in [0.1, 0.15) is 36.9 Å². The fraction of sp³-hybridized carbons (Fsp3) is 0.389. The lowest BCUT2D eigenvalue weighted by molar-refractivity contribution is -0.665. The number of rotatable bonds is 5. The maximum atomic E-state index is 5.31. The Morgan fingerprint density at radius 2 is 1.91 bits per heavy atom. The number of aryl methyl sites for hydroxylation is 3. The Kier molecular flexibility index (Phi) is 7.56. The fourth-order valence-electron chi connectivity index (χ4n) is 2.26. The number of fused-ring (bicyclic) bond motifs is 1. The van der Waals surface area contributed by atoms with Gasteiger partial charge in [-0.15, -0.1) is 0 Å². The van der Waals surface area contributed by atoms with Crippen molar-refractivity contribution in [2.45, 2.75) is 41.2 Å². The van der Waals surface area contributed by atoms with Gasteiger partial charge < -0.3 is 28.7 Å². The molecule has 1 heterocycles. The largest absolute Gasteiger partial charge is 1.00 e. The van der Waals surface area contributed by atoms with Gasteiger partial charge in [0.2, 0.25) is 5.52 Å². The molecule has 0 saturated carbocycles. The van der Waals surface area contributed by atoms with E-state index in [0.717, 1.165) is 12.1 Å². The average Bonchev–Trinajstić information content (AvgIpc) is 2.80. The van der Waals surface area contributed by atoms with Crippen LogP contribution in [0, 0.1) is 13.8 Å². The Bertz CT molecular complexity index is 701. The van der Waals surface area contributed by atoms with E-state index in [-0.39, 0.29) is 24.0 Å². The molecule has 4 heteroatoms. The molecule has 0 unspecified atom stereocenters. The van der Waals surface area contributed by atoms with Gasteiger partial charge in [0.25, 0.3) is 5.01 Å². The van der Waals surface area contributed by atoms with Crippen LogP contribution in [0.2, 0.25) is 0 Å². The standard InChI is InChI=1S/C18H24NOS.HI/c1-6-19-16-10-14(4)15(5)11-17(16)21-18(19)9-8-13(3)12-20-7-2;/h8-12H,6-7H2,1-5H3;1H/q+1;/p-1. The maximum absolute atomic E-state index is 5.31. The van der Waals surface area contributed by atoms with Gasteiger partial charge in [0, 0.05) is 12.1 Å². The van der Waals surface area contributed by atoms with Gasteiger partial charge in [-0.1, -0.05) is 11.3 Å². The number of thiazole rings is 1. The smallest absolute Gasteiger partial charge is 0.262 e. The molecule has 1 aromatic heterocycles. The first-order valence-electron chi connectivity index (χ1n) is 7.46. The molecular weight excluding hydrogens is 405 g/mol. The van der Waals surface area contributed by atoms with Crippen LogP contribution in [0.4, 0.5) is 0 Å². The van der Waals surface area contributed by atoms with Gasteiger partial charge in [-0.05, 0) is 63.5 Å². The summed E-state index contributed by atoms with van der Waals surface area (Å²) < 4.78 is 9.04. The van der Waals surface area contributed by atoms with Crippen LogP contribution in [0.5, 0.6) is 0 Å². The minimum atomic E-state index is 0. The maximum Gasteiger partial charge on any atom is 0.262 e. The van der Waals surface area contributed by atoms with Crippen molar-refractivity contribution in [3.8, 4) is 0 Å². The van der Waals surface area contributed by atoms with E-state index in [0.29, 0.717) is 6.61 Å². The highest BCUT2D eigenvalue weighted by atomic mass is 127. The Balaban J connectivity index is 0.00000242. The lowest BCUT2D eigenvalue weighted by Crippen LogP contribution is -3.00. The van der Waals surface area contributed by atoms with Gasteiger partial charge in [-0.2, -0.15) is 4.57 Å². The molecule has 0 saturated heterocycles. The molecule has 120 valence electrons. The van der Waals surface area contributed by atoms with E-state index >= 15 is 0 Å². The fourth-order valence-corrected chi connectivity index (χ4v) is 3.47. The van der Waals surface area contributed by atoms with Gasteiger partial charge in [0.05, 0.1) is 12.9 Å². The van der Waals surface area contributed by atoms with Crippen molar-refractivity contribution in [2.24, 2.45) is 0 Å². The average molecular weight is 429 g/mol. The minimum absolute atomic E-state index is 0. The molecule has 0 radical (unpaired) electrons. The summed E-state index contributed by atoms with van der Waals surface area (Å²) in [6, 6.07) is 4.59. The van der Waals surface area contributed by atoms with E-state index < -0.39 is 0 Å². The second-order valence-corrected chi connectivity index (χ2v) is 6.30. The number of halogens is 1. The Morgan fingerprint density at radius 3 is 2.55 bits per heavy atom. The van der Waals surface area contributed by atoms with E-state index in [2.05, 4.69) is 56.5 Å². The number of ether oxygens (including phenoxy) is 1. The highest BCUT2D eigenvalue weighted by molar-refractivity contribution is 7.18. The molecule has 0 aliphatic heterocycles. The molecule has 0 amide bonds. The number of benzene rings is 1. The summed E-state index contributed by atoms with van der Waals surface area (Å²) in [6.45, 7) is 12.3. The van der Waals surface area contributed by atoms with Crippen LogP contribution in [0.15, 0.2) is 30.0 Å². The predicted molar refractivity (Wildman–Crippen MR) is 91.6 cm³/mol. The van der Waals surface area contributed by atoms with Crippen molar-refractivity contribution in [2.75, 3.05) is 6.61 Å². The first kappa shape index (κ1) is 19.2. The third kappa shape index (κ3) is 4.32. The molecule has 0 aliphatic rings. The zero-order chi connectivity index (χ0) is 15.4. The Labute approximate surface area is 154 Å². The van der Waals surface area contributed by atoms with Gasteiger partial charge in [0.15, 0.2) is 0 Å². The normalized spacial score (nSPS) is 12.0. The third-order valence-corrected chi connectivity index (χ3v) is 4.70. The second kappa shape index (κ2) is 8.67. The van der Waals surface area contributed by atoms with Crippen molar-refractivity contribution < 1.29 is 33.3 Å². The van der Waals surface area contributed by atoms with Crippen LogP contribution in [-0.4, -0.2) is 6.61 Å².